The van der Waals surface area contributed by atoms with Crippen LogP contribution in [-0.4, -0.2) is 24.2 Å². The second-order valence-electron chi connectivity index (χ2n) is 6.48. The standard InChI is InChI=1S/C21H27N3O3/c1-17(2)21(25)27-16-6-4-3-5-15-26-20-9-7-18(8-10-20)23-24-19-11-13-22-14-12-19/h7-14,17H,3-6,15-16H2,1-2H3. The minimum absolute atomic E-state index is 0.0538. The van der Waals surface area contributed by atoms with Crippen molar-refractivity contribution in [2.75, 3.05) is 13.2 Å². The van der Waals surface area contributed by atoms with Crippen LogP contribution in [0, 0.1) is 5.92 Å². The summed E-state index contributed by atoms with van der Waals surface area (Å²) in [6.45, 7) is 4.86. The zero-order valence-corrected chi connectivity index (χ0v) is 16.0. The fourth-order valence-corrected chi connectivity index (χ4v) is 2.22. The minimum atomic E-state index is -0.123. The minimum Gasteiger partial charge on any atom is -0.494 e. The van der Waals surface area contributed by atoms with Crippen molar-refractivity contribution in [3.05, 3.63) is 48.8 Å². The highest BCUT2D eigenvalue weighted by Gasteiger charge is 2.06. The highest BCUT2D eigenvalue weighted by molar-refractivity contribution is 5.71. The van der Waals surface area contributed by atoms with E-state index in [0.29, 0.717) is 13.2 Å². The van der Waals surface area contributed by atoms with E-state index in [1.54, 1.807) is 24.5 Å². The van der Waals surface area contributed by atoms with Crippen LogP contribution in [-0.2, 0) is 9.53 Å². The van der Waals surface area contributed by atoms with Gasteiger partial charge in [0, 0.05) is 12.4 Å². The van der Waals surface area contributed by atoms with Gasteiger partial charge in [-0.2, -0.15) is 10.2 Å². The van der Waals surface area contributed by atoms with Crippen LogP contribution in [0.1, 0.15) is 39.5 Å². The zero-order chi connectivity index (χ0) is 19.3. The molecule has 0 aliphatic rings. The second-order valence-corrected chi connectivity index (χ2v) is 6.48. The molecule has 0 radical (unpaired) electrons. The van der Waals surface area contributed by atoms with Crippen LogP contribution in [0.25, 0.3) is 0 Å². The molecule has 0 aliphatic heterocycles. The van der Waals surface area contributed by atoms with Gasteiger partial charge in [-0.15, -0.1) is 0 Å². The van der Waals surface area contributed by atoms with Gasteiger partial charge in [0.1, 0.15) is 5.75 Å². The summed E-state index contributed by atoms with van der Waals surface area (Å²) in [5, 5.41) is 8.34. The van der Waals surface area contributed by atoms with Crippen molar-refractivity contribution < 1.29 is 14.3 Å². The average molecular weight is 369 g/mol. The molecule has 0 aliphatic carbocycles. The number of carbonyl (C=O) groups is 1. The van der Waals surface area contributed by atoms with Crippen molar-refractivity contribution >= 4 is 17.3 Å². The topological polar surface area (TPSA) is 73.1 Å². The molecule has 144 valence electrons. The van der Waals surface area contributed by atoms with Crippen molar-refractivity contribution in [1.29, 1.82) is 0 Å². The van der Waals surface area contributed by atoms with Crippen LogP contribution in [0.3, 0.4) is 0 Å². The summed E-state index contributed by atoms with van der Waals surface area (Å²) < 4.78 is 10.9. The summed E-state index contributed by atoms with van der Waals surface area (Å²) in [7, 11) is 0. The average Bonchev–Trinajstić information content (AvgIpc) is 2.69. The molecule has 0 fully saturated rings. The van der Waals surface area contributed by atoms with E-state index in [4.69, 9.17) is 9.47 Å². The van der Waals surface area contributed by atoms with Crippen LogP contribution in [0.5, 0.6) is 5.75 Å². The fourth-order valence-electron chi connectivity index (χ4n) is 2.22. The first-order valence-electron chi connectivity index (χ1n) is 9.36. The Hall–Kier alpha value is -2.76. The van der Waals surface area contributed by atoms with Crippen LogP contribution in [0.4, 0.5) is 11.4 Å². The first-order chi connectivity index (χ1) is 13.1. The van der Waals surface area contributed by atoms with Crippen molar-refractivity contribution in [2.24, 2.45) is 16.1 Å². The molecule has 0 bridgehead atoms. The fraction of sp³-hybridized carbons (Fsp3) is 0.429. The number of hydrogen-bond acceptors (Lipinski definition) is 6. The summed E-state index contributed by atoms with van der Waals surface area (Å²) in [6.07, 6.45) is 7.32. The highest BCUT2D eigenvalue weighted by Crippen LogP contribution is 2.21. The van der Waals surface area contributed by atoms with Crippen molar-refractivity contribution in [3.63, 3.8) is 0 Å². The molecule has 1 aromatic carbocycles. The summed E-state index contributed by atoms with van der Waals surface area (Å²) >= 11 is 0. The quantitative estimate of drug-likeness (QED) is 0.292. The number of rotatable bonds is 11. The Morgan fingerprint density at radius 1 is 0.889 bits per heavy atom. The molecule has 0 N–H and O–H groups in total. The van der Waals surface area contributed by atoms with Crippen molar-refractivity contribution in [2.45, 2.75) is 39.5 Å². The van der Waals surface area contributed by atoms with Gasteiger partial charge in [-0.25, -0.2) is 0 Å². The molecule has 1 heterocycles. The lowest BCUT2D eigenvalue weighted by molar-refractivity contribution is -0.147. The van der Waals surface area contributed by atoms with Gasteiger partial charge in [-0.05, 0) is 62.1 Å². The van der Waals surface area contributed by atoms with Gasteiger partial charge in [0.2, 0.25) is 0 Å². The van der Waals surface area contributed by atoms with Gasteiger partial charge in [0.15, 0.2) is 0 Å². The van der Waals surface area contributed by atoms with Gasteiger partial charge in [0.05, 0.1) is 30.5 Å². The van der Waals surface area contributed by atoms with E-state index >= 15 is 0 Å². The molecular weight excluding hydrogens is 342 g/mol. The molecule has 0 saturated carbocycles. The normalized spacial score (nSPS) is 11.1. The summed E-state index contributed by atoms with van der Waals surface area (Å²) in [4.78, 5) is 15.3. The Bertz CT molecular complexity index is 700. The number of carbonyl (C=O) groups excluding carboxylic acids is 1. The maximum absolute atomic E-state index is 11.3. The molecule has 0 atom stereocenters. The van der Waals surface area contributed by atoms with E-state index in [-0.39, 0.29) is 11.9 Å². The molecule has 27 heavy (non-hydrogen) atoms. The van der Waals surface area contributed by atoms with Gasteiger partial charge in [-0.3, -0.25) is 9.78 Å². The van der Waals surface area contributed by atoms with Crippen LogP contribution >= 0.6 is 0 Å². The van der Waals surface area contributed by atoms with Gasteiger partial charge in [-0.1, -0.05) is 13.8 Å². The third-order valence-corrected chi connectivity index (χ3v) is 3.80. The molecule has 2 rings (SSSR count). The lowest BCUT2D eigenvalue weighted by atomic mass is 10.2. The van der Waals surface area contributed by atoms with Crippen molar-refractivity contribution in [1.82, 2.24) is 4.98 Å². The largest absolute Gasteiger partial charge is 0.494 e. The van der Waals surface area contributed by atoms with E-state index < -0.39 is 0 Å². The lowest BCUT2D eigenvalue weighted by Crippen LogP contribution is -2.12. The summed E-state index contributed by atoms with van der Waals surface area (Å²) in [5.41, 5.74) is 1.54. The molecule has 2 aromatic rings. The number of benzene rings is 1. The molecule has 0 amide bonds. The van der Waals surface area contributed by atoms with E-state index in [9.17, 15) is 4.79 Å². The van der Waals surface area contributed by atoms with Crippen LogP contribution in [0.15, 0.2) is 59.0 Å². The number of hydrogen-bond donors (Lipinski definition) is 0. The molecular formula is C21H27N3O3. The maximum atomic E-state index is 11.3. The Labute approximate surface area is 160 Å². The summed E-state index contributed by atoms with van der Waals surface area (Å²) in [5.74, 6) is 0.646. The number of ether oxygens (including phenoxy) is 2. The SMILES string of the molecule is CC(C)C(=O)OCCCCCCOc1ccc(N=Nc2ccncc2)cc1. The third kappa shape index (κ3) is 8.44. The highest BCUT2D eigenvalue weighted by atomic mass is 16.5. The predicted molar refractivity (Wildman–Crippen MR) is 105 cm³/mol. The number of nitrogens with zero attached hydrogens (tertiary/aromatic N) is 3. The molecule has 0 saturated heterocycles. The van der Waals surface area contributed by atoms with E-state index in [2.05, 4.69) is 15.2 Å². The first kappa shape index (κ1) is 20.6. The smallest absolute Gasteiger partial charge is 0.308 e. The number of aromatic nitrogens is 1. The van der Waals surface area contributed by atoms with Gasteiger partial charge >= 0.3 is 5.97 Å². The van der Waals surface area contributed by atoms with Crippen molar-refractivity contribution in [3.8, 4) is 5.75 Å². The second kappa shape index (κ2) is 11.8. The third-order valence-electron chi connectivity index (χ3n) is 3.80. The van der Waals surface area contributed by atoms with E-state index in [1.165, 1.54) is 0 Å². The Morgan fingerprint density at radius 2 is 1.48 bits per heavy atom. The molecule has 6 nitrogen and oxygen atoms in total. The summed E-state index contributed by atoms with van der Waals surface area (Å²) in [6, 6.07) is 11.1. The molecule has 0 unspecified atom stereocenters. The Kier molecular flexibility index (Phi) is 8.96. The van der Waals surface area contributed by atoms with Gasteiger partial charge in [0.25, 0.3) is 0 Å². The number of unbranched alkanes of at least 4 members (excludes halogenated alkanes) is 3. The lowest BCUT2D eigenvalue weighted by Gasteiger charge is -2.08. The molecule has 1 aromatic heterocycles. The first-order valence-corrected chi connectivity index (χ1v) is 9.36. The number of pyridine rings is 1. The molecule has 6 heteroatoms. The van der Waals surface area contributed by atoms with E-state index in [0.717, 1.165) is 42.8 Å². The Balaban J connectivity index is 1.58. The number of esters is 1. The zero-order valence-electron chi connectivity index (χ0n) is 16.0. The predicted octanol–water partition coefficient (Wildman–Crippen LogP) is 5.64. The maximum Gasteiger partial charge on any atom is 0.308 e. The molecule has 0 spiro atoms. The monoisotopic (exact) mass is 369 g/mol. The van der Waals surface area contributed by atoms with Crippen LogP contribution in [0.2, 0.25) is 0 Å². The Morgan fingerprint density at radius 3 is 2.11 bits per heavy atom. The van der Waals surface area contributed by atoms with Crippen LogP contribution < -0.4 is 4.74 Å². The number of azo groups is 1. The van der Waals surface area contributed by atoms with Gasteiger partial charge < -0.3 is 9.47 Å². The van der Waals surface area contributed by atoms with E-state index in [1.807, 2.05) is 38.1 Å².